The van der Waals surface area contributed by atoms with E-state index in [1.807, 2.05) is 28.9 Å². The van der Waals surface area contributed by atoms with Crippen LogP contribution in [0.25, 0.3) is 0 Å². The van der Waals surface area contributed by atoms with E-state index in [4.69, 9.17) is 14.2 Å². The van der Waals surface area contributed by atoms with Gasteiger partial charge in [0.1, 0.15) is 17.3 Å². The summed E-state index contributed by atoms with van der Waals surface area (Å²) in [7, 11) is 3.24. The fourth-order valence-corrected chi connectivity index (χ4v) is 3.09. The fourth-order valence-electron chi connectivity index (χ4n) is 3.09. The van der Waals surface area contributed by atoms with Gasteiger partial charge >= 0.3 is 0 Å². The van der Waals surface area contributed by atoms with Crippen molar-refractivity contribution in [3.63, 3.8) is 0 Å². The van der Waals surface area contributed by atoms with E-state index < -0.39 is 0 Å². The maximum Gasteiger partial charge on any atom is 0.225 e. The number of rotatable bonds is 8. The number of aryl methyl sites for hydroxylation is 1. The summed E-state index contributed by atoms with van der Waals surface area (Å²) in [4.78, 5) is 12.4. The zero-order valence-electron chi connectivity index (χ0n) is 15.2. The minimum absolute atomic E-state index is 0.0562. The number of benzene rings is 1. The Labute approximate surface area is 153 Å². The van der Waals surface area contributed by atoms with Gasteiger partial charge in [-0.3, -0.25) is 4.79 Å². The first-order chi connectivity index (χ1) is 12.7. The summed E-state index contributed by atoms with van der Waals surface area (Å²) in [6.45, 7) is 2.31. The fraction of sp³-hybridized carbons (Fsp3) is 0.474. The van der Waals surface area contributed by atoms with Gasteiger partial charge in [0.25, 0.3) is 0 Å². The summed E-state index contributed by atoms with van der Waals surface area (Å²) in [6.07, 6.45) is 3.65. The molecule has 1 aromatic heterocycles. The number of carbonyl (C=O) groups is 1. The van der Waals surface area contributed by atoms with Crippen molar-refractivity contribution in [3.05, 3.63) is 36.0 Å². The number of nitrogens with one attached hydrogen (secondary N) is 1. The van der Waals surface area contributed by atoms with Gasteiger partial charge in [-0.15, -0.1) is 0 Å². The topological polar surface area (TPSA) is 74.6 Å². The van der Waals surface area contributed by atoms with Crippen LogP contribution in [0.1, 0.15) is 18.4 Å². The highest BCUT2D eigenvalue weighted by Gasteiger charge is 2.18. The van der Waals surface area contributed by atoms with Crippen molar-refractivity contribution < 1.29 is 19.0 Å². The molecular formula is C19H25N3O4. The van der Waals surface area contributed by atoms with Gasteiger partial charge in [0, 0.05) is 31.6 Å². The largest absolute Gasteiger partial charge is 0.497 e. The molecule has 1 saturated heterocycles. The van der Waals surface area contributed by atoms with Gasteiger partial charge < -0.3 is 19.5 Å². The quantitative estimate of drug-likeness (QED) is 0.784. The summed E-state index contributed by atoms with van der Waals surface area (Å²) in [5.74, 6) is 2.62. The van der Waals surface area contributed by atoms with Crippen molar-refractivity contribution >= 4 is 11.7 Å². The predicted molar refractivity (Wildman–Crippen MR) is 97.6 cm³/mol. The average Bonchev–Trinajstić information content (AvgIpc) is 3.32. The highest BCUT2D eigenvalue weighted by atomic mass is 16.5. The first-order valence-electron chi connectivity index (χ1n) is 8.80. The molecule has 1 aliphatic heterocycles. The Bertz CT molecular complexity index is 738. The summed E-state index contributed by atoms with van der Waals surface area (Å²) in [5.41, 5.74) is 0.943. The number of hydrogen-bond acceptors (Lipinski definition) is 5. The zero-order valence-corrected chi connectivity index (χ0v) is 15.2. The Morgan fingerprint density at radius 3 is 2.96 bits per heavy atom. The number of nitrogens with zero attached hydrogens (tertiary/aromatic N) is 2. The number of amides is 1. The molecule has 3 rings (SSSR count). The lowest BCUT2D eigenvalue weighted by molar-refractivity contribution is -0.116. The van der Waals surface area contributed by atoms with Gasteiger partial charge in [0.2, 0.25) is 5.91 Å². The Kier molecular flexibility index (Phi) is 6.12. The Balaban J connectivity index is 1.57. The molecule has 2 aromatic rings. The van der Waals surface area contributed by atoms with Crippen molar-refractivity contribution in [2.45, 2.75) is 25.8 Å². The second-order valence-corrected chi connectivity index (χ2v) is 6.35. The lowest BCUT2D eigenvalue weighted by atomic mass is 10.1. The predicted octanol–water partition coefficient (Wildman–Crippen LogP) is 2.51. The SMILES string of the molecule is COc1ccc(OC)c(CCC(=O)Nc2ccnn2C[C@H]2CCOC2)c1. The van der Waals surface area contributed by atoms with Gasteiger partial charge in [0.15, 0.2) is 0 Å². The third kappa shape index (κ3) is 4.54. The molecule has 140 valence electrons. The molecule has 1 atom stereocenters. The van der Waals surface area contributed by atoms with Gasteiger partial charge in [-0.25, -0.2) is 4.68 Å². The number of anilines is 1. The van der Waals surface area contributed by atoms with Crippen LogP contribution in [-0.2, 0) is 22.5 Å². The van der Waals surface area contributed by atoms with Crippen molar-refractivity contribution in [2.24, 2.45) is 5.92 Å². The summed E-state index contributed by atoms with van der Waals surface area (Å²) in [5, 5.41) is 7.26. The van der Waals surface area contributed by atoms with E-state index in [1.165, 1.54) is 0 Å². The monoisotopic (exact) mass is 359 g/mol. The highest BCUT2D eigenvalue weighted by Crippen LogP contribution is 2.25. The number of aromatic nitrogens is 2. The van der Waals surface area contributed by atoms with Crippen LogP contribution in [0.4, 0.5) is 5.82 Å². The van der Waals surface area contributed by atoms with Crippen LogP contribution >= 0.6 is 0 Å². The molecule has 26 heavy (non-hydrogen) atoms. The number of hydrogen-bond donors (Lipinski definition) is 1. The van der Waals surface area contributed by atoms with E-state index in [-0.39, 0.29) is 5.91 Å². The molecule has 0 saturated carbocycles. The Hall–Kier alpha value is -2.54. The molecule has 0 bridgehead atoms. The molecule has 7 heteroatoms. The summed E-state index contributed by atoms with van der Waals surface area (Å²) < 4.78 is 17.9. The Morgan fingerprint density at radius 2 is 2.23 bits per heavy atom. The van der Waals surface area contributed by atoms with Crippen LogP contribution in [0.5, 0.6) is 11.5 Å². The van der Waals surface area contributed by atoms with Crippen LogP contribution in [0.2, 0.25) is 0 Å². The van der Waals surface area contributed by atoms with Crippen LogP contribution in [-0.4, -0.2) is 43.1 Å². The van der Waals surface area contributed by atoms with Crippen molar-refractivity contribution in [2.75, 3.05) is 32.8 Å². The second kappa shape index (κ2) is 8.71. The molecule has 0 spiro atoms. The minimum atomic E-state index is -0.0562. The first-order valence-corrected chi connectivity index (χ1v) is 8.80. The van der Waals surface area contributed by atoms with Crippen LogP contribution in [0.3, 0.4) is 0 Å². The normalized spacial score (nSPS) is 16.5. The van der Waals surface area contributed by atoms with Gasteiger partial charge in [-0.1, -0.05) is 0 Å². The summed E-state index contributed by atoms with van der Waals surface area (Å²) >= 11 is 0. The molecule has 1 fully saturated rings. The third-order valence-corrected chi connectivity index (χ3v) is 4.55. The number of ether oxygens (including phenoxy) is 3. The van der Waals surface area contributed by atoms with E-state index in [2.05, 4.69) is 10.4 Å². The molecule has 1 aromatic carbocycles. The molecule has 0 radical (unpaired) electrons. The van der Waals surface area contributed by atoms with E-state index in [9.17, 15) is 4.79 Å². The number of methoxy groups -OCH3 is 2. The van der Waals surface area contributed by atoms with E-state index in [0.717, 1.165) is 49.1 Å². The molecule has 1 aliphatic rings. The van der Waals surface area contributed by atoms with E-state index in [0.29, 0.717) is 18.8 Å². The smallest absolute Gasteiger partial charge is 0.225 e. The maximum absolute atomic E-state index is 12.4. The average molecular weight is 359 g/mol. The standard InChI is InChI=1S/C19H25N3O4/c1-24-16-4-5-17(25-2)15(11-16)3-6-19(23)21-18-7-9-20-22(18)12-14-8-10-26-13-14/h4-5,7,9,11,14H,3,6,8,10,12-13H2,1-2H3,(H,21,23)/t14-/m1/s1. The molecule has 0 aliphatic carbocycles. The van der Waals surface area contributed by atoms with Crippen LogP contribution in [0.15, 0.2) is 30.5 Å². The van der Waals surface area contributed by atoms with Gasteiger partial charge in [0.05, 0.1) is 27.0 Å². The van der Waals surface area contributed by atoms with Crippen molar-refractivity contribution in [1.29, 1.82) is 0 Å². The lowest BCUT2D eigenvalue weighted by Crippen LogP contribution is -2.19. The van der Waals surface area contributed by atoms with Crippen molar-refractivity contribution in [1.82, 2.24) is 9.78 Å². The molecule has 1 amide bonds. The molecular weight excluding hydrogens is 334 g/mol. The first kappa shape index (κ1) is 18.3. The van der Waals surface area contributed by atoms with E-state index >= 15 is 0 Å². The van der Waals surface area contributed by atoms with Crippen molar-refractivity contribution in [3.8, 4) is 11.5 Å². The molecule has 1 N–H and O–H groups in total. The zero-order chi connectivity index (χ0) is 18.4. The molecule has 2 heterocycles. The number of carbonyl (C=O) groups excluding carboxylic acids is 1. The van der Waals surface area contributed by atoms with Crippen LogP contribution < -0.4 is 14.8 Å². The van der Waals surface area contributed by atoms with Crippen LogP contribution in [0, 0.1) is 5.92 Å². The van der Waals surface area contributed by atoms with Gasteiger partial charge in [-0.2, -0.15) is 5.10 Å². The maximum atomic E-state index is 12.4. The summed E-state index contributed by atoms with van der Waals surface area (Å²) in [6, 6.07) is 7.41. The lowest BCUT2D eigenvalue weighted by Gasteiger charge is -2.13. The second-order valence-electron chi connectivity index (χ2n) is 6.35. The molecule has 0 unspecified atom stereocenters. The Morgan fingerprint density at radius 1 is 1.35 bits per heavy atom. The third-order valence-electron chi connectivity index (χ3n) is 4.55. The van der Waals surface area contributed by atoms with Gasteiger partial charge in [-0.05, 0) is 36.6 Å². The highest BCUT2D eigenvalue weighted by molar-refractivity contribution is 5.90. The molecule has 7 nitrogen and oxygen atoms in total. The van der Waals surface area contributed by atoms with E-state index in [1.54, 1.807) is 20.4 Å². The minimum Gasteiger partial charge on any atom is -0.497 e.